The summed E-state index contributed by atoms with van der Waals surface area (Å²) in [6.07, 6.45) is 1.62. The number of carbonyl (C=O) groups excluding carboxylic acids is 1. The zero-order valence-electron chi connectivity index (χ0n) is 6.77. The minimum atomic E-state index is -0.448. The molecule has 0 aliphatic rings. The van der Waals surface area contributed by atoms with Crippen LogP contribution in [0, 0.1) is 0 Å². The van der Waals surface area contributed by atoms with Crippen LogP contribution in [0.4, 0.5) is 0 Å². The summed E-state index contributed by atoms with van der Waals surface area (Å²) < 4.78 is 0. The Bertz CT molecular complexity index is 281. The van der Waals surface area contributed by atoms with Gasteiger partial charge in [-0.2, -0.15) is 15.0 Å². The van der Waals surface area contributed by atoms with Gasteiger partial charge in [0.1, 0.15) is 0 Å². The average Bonchev–Trinajstić information content (AvgIpc) is 2.34. The fourth-order valence-electron chi connectivity index (χ4n) is 0.853. The maximum Gasteiger partial charge on any atom is 0.219 e. The number of rotatable bonds is 3. The summed E-state index contributed by atoms with van der Waals surface area (Å²) >= 11 is 0. The van der Waals surface area contributed by atoms with Gasteiger partial charge < -0.3 is 11.5 Å². The number of primary amides is 1. The molecule has 1 rings (SSSR count). The highest BCUT2D eigenvalue weighted by atomic mass is 16.1. The third kappa shape index (κ3) is 2.03. The van der Waals surface area contributed by atoms with E-state index >= 15 is 0 Å². The van der Waals surface area contributed by atoms with E-state index in [1.807, 2.05) is 0 Å². The van der Waals surface area contributed by atoms with Crippen molar-refractivity contribution in [3.8, 4) is 0 Å². The van der Waals surface area contributed by atoms with Gasteiger partial charge in [-0.1, -0.05) is 0 Å². The monoisotopic (exact) mass is 169 g/mol. The Morgan fingerprint density at radius 3 is 2.92 bits per heavy atom. The topological polar surface area (TPSA) is 99.8 Å². The number of hydrogen-bond donors (Lipinski definition) is 2. The van der Waals surface area contributed by atoms with E-state index in [9.17, 15) is 4.79 Å². The lowest BCUT2D eigenvalue weighted by Crippen LogP contribution is -2.21. The Kier molecular flexibility index (Phi) is 2.39. The molecule has 1 amide bonds. The molecule has 0 aliphatic heterocycles. The van der Waals surface area contributed by atoms with Crippen LogP contribution in [0.15, 0.2) is 6.20 Å². The van der Waals surface area contributed by atoms with E-state index in [2.05, 4.69) is 10.2 Å². The first-order chi connectivity index (χ1) is 5.59. The standard InChI is InChI=1S/C6H11N5O/c1-11-9-3-5(10-11)4(7)2-6(8)12/h3-4H,2,7H2,1H3,(H2,8,12)/t4-/m1/s1. The zero-order chi connectivity index (χ0) is 9.14. The molecule has 66 valence electrons. The number of amides is 1. The SMILES string of the molecule is Cn1ncc([C@H](N)CC(N)=O)n1. The smallest absolute Gasteiger partial charge is 0.219 e. The second kappa shape index (κ2) is 3.31. The summed E-state index contributed by atoms with van der Waals surface area (Å²) in [5.41, 5.74) is 11.1. The van der Waals surface area contributed by atoms with Gasteiger partial charge >= 0.3 is 0 Å². The Balaban J connectivity index is 2.64. The van der Waals surface area contributed by atoms with Gasteiger partial charge in [-0.3, -0.25) is 4.79 Å². The van der Waals surface area contributed by atoms with Gasteiger partial charge in [-0.25, -0.2) is 0 Å². The lowest BCUT2D eigenvalue weighted by atomic mass is 10.1. The molecule has 1 heterocycles. The van der Waals surface area contributed by atoms with Gasteiger partial charge in [0, 0.05) is 13.5 Å². The Morgan fingerprint density at radius 1 is 1.83 bits per heavy atom. The average molecular weight is 169 g/mol. The van der Waals surface area contributed by atoms with Gasteiger partial charge in [0.05, 0.1) is 17.9 Å². The van der Waals surface area contributed by atoms with Gasteiger partial charge in [-0.05, 0) is 0 Å². The minimum Gasteiger partial charge on any atom is -0.370 e. The van der Waals surface area contributed by atoms with Crippen LogP contribution in [0.2, 0.25) is 0 Å². The van der Waals surface area contributed by atoms with Crippen LogP contribution in [-0.4, -0.2) is 20.9 Å². The van der Waals surface area contributed by atoms with E-state index in [1.54, 1.807) is 7.05 Å². The first-order valence-corrected chi connectivity index (χ1v) is 3.49. The Hall–Kier alpha value is -1.43. The summed E-state index contributed by atoms with van der Waals surface area (Å²) in [5, 5.41) is 7.75. The van der Waals surface area contributed by atoms with Gasteiger partial charge in [-0.15, -0.1) is 0 Å². The maximum absolute atomic E-state index is 10.5. The Morgan fingerprint density at radius 2 is 2.50 bits per heavy atom. The third-order valence-electron chi connectivity index (χ3n) is 1.42. The van der Waals surface area contributed by atoms with Crippen LogP contribution >= 0.6 is 0 Å². The molecule has 6 nitrogen and oxygen atoms in total. The predicted octanol–water partition coefficient (Wildman–Crippen LogP) is -1.31. The van der Waals surface area contributed by atoms with Crippen LogP contribution in [0.3, 0.4) is 0 Å². The van der Waals surface area contributed by atoms with E-state index < -0.39 is 11.9 Å². The van der Waals surface area contributed by atoms with Crippen LogP contribution < -0.4 is 11.5 Å². The molecule has 0 bridgehead atoms. The molecule has 1 atom stereocenters. The van der Waals surface area contributed by atoms with Crippen molar-refractivity contribution in [2.24, 2.45) is 18.5 Å². The molecule has 0 fully saturated rings. The fourth-order valence-corrected chi connectivity index (χ4v) is 0.853. The molecule has 0 radical (unpaired) electrons. The summed E-state index contributed by atoms with van der Waals surface area (Å²) in [4.78, 5) is 11.9. The van der Waals surface area contributed by atoms with Crippen molar-refractivity contribution in [2.75, 3.05) is 0 Å². The summed E-state index contributed by atoms with van der Waals surface area (Å²) in [7, 11) is 1.68. The number of nitrogens with two attached hydrogens (primary N) is 2. The van der Waals surface area contributed by atoms with E-state index in [-0.39, 0.29) is 6.42 Å². The van der Waals surface area contributed by atoms with Crippen LogP contribution in [-0.2, 0) is 11.8 Å². The zero-order valence-corrected chi connectivity index (χ0v) is 6.77. The molecular formula is C6H11N5O. The van der Waals surface area contributed by atoms with Crippen molar-refractivity contribution < 1.29 is 4.79 Å². The van der Waals surface area contributed by atoms with Crippen LogP contribution in [0.25, 0.3) is 0 Å². The highest BCUT2D eigenvalue weighted by molar-refractivity contribution is 5.74. The quantitative estimate of drug-likeness (QED) is 0.586. The normalized spacial score (nSPS) is 12.8. The number of aromatic nitrogens is 3. The fraction of sp³-hybridized carbons (Fsp3) is 0.500. The van der Waals surface area contributed by atoms with Crippen LogP contribution in [0.1, 0.15) is 18.2 Å². The summed E-state index contributed by atoms with van der Waals surface area (Å²) in [5.74, 6) is -0.437. The minimum absolute atomic E-state index is 0.0959. The number of carbonyl (C=O) groups is 1. The molecule has 0 unspecified atom stereocenters. The van der Waals surface area contributed by atoms with Crippen molar-refractivity contribution in [1.29, 1.82) is 0 Å². The van der Waals surface area contributed by atoms with Gasteiger partial charge in [0.25, 0.3) is 0 Å². The van der Waals surface area contributed by atoms with Crippen molar-refractivity contribution in [3.05, 3.63) is 11.9 Å². The molecule has 12 heavy (non-hydrogen) atoms. The van der Waals surface area contributed by atoms with Crippen LogP contribution in [0.5, 0.6) is 0 Å². The molecule has 4 N–H and O–H groups in total. The van der Waals surface area contributed by atoms with Crippen molar-refractivity contribution in [3.63, 3.8) is 0 Å². The summed E-state index contributed by atoms with van der Waals surface area (Å²) in [6.45, 7) is 0. The summed E-state index contributed by atoms with van der Waals surface area (Å²) in [6, 6.07) is -0.448. The molecule has 0 saturated heterocycles. The van der Waals surface area contributed by atoms with Gasteiger partial charge in [0.15, 0.2) is 0 Å². The highest BCUT2D eigenvalue weighted by Crippen LogP contribution is 2.07. The van der Waals surface area contributed by atoms with E-state index in [0.717, 1.165) is 0 Å². The second-order valence-corrected chi connectivity index (χ2v) is 2.54. The lowest BCUT2D eigenvalue weighted by Gasteiger charge is -2.03. The Labute approximate surface area is 69.5 Å². The maximum atomic E-state index is 10.5. The molecule has 0 saturated carbocycles. The molecule has 0 aromatic carbocycles. The first kappa shape index (κ1) is 8.66. The highest BCUT2D eigenvalue weighted by Gasteiger charge is 2.11. The van der Waals surface area contributed by atoms with Crippen molar-refractivity contribution >= 4 is 5.91 Å². The molecule has 6 heteroatoms. The van der Waals surface area contributed by atoms with Crippen molar-refractivity contribution in [2.45, 2.75) is 12.5 Å². The van der Waals surface area contributed by atoms with E-state index in [0.29, 0.717) is 5.69 Å². The number of aryl methyl sites for hydroxylation is 1. The van der Waals surface area contributed by atoms with E-state index in [4.69, 9.17) is 11.5 Å². The third-order valence-corrected chi connectivity index (χ3v) is 1.42. The first-order valence-electron chi connectivity index (χ1n) is 3.49. The lowest BCUT2D eigenvalue weighted by molar-refractivity contribution is -0.118. The molecule has 1 aromatic rings. The van der Waals surface area contributed by atoms with Gasteiger partial charge in [0.2, 0.25) is 5.91 Å². The predicted molar refractivity (Wildman–Crippen MR) is 41.7 cm³/mol. The number of hydrogen-bond acceptors (Lipinski definition) is 4. The van der Waals surface area contributed by atoms with Crippen molar-refractivity contribution in [1.82, 2.24) is 15.0 Å². The number of nitrogens with zero attached hydrogens (tertiary/aromatic N) is 3. The molecule has 0 spiro atoms. The van der Waals surface area contributed by atoms with E-state index in [1.165, 1.54) is 11.0 Å². The molecule has 1 aromatic heterocycles. The largest absolute Gasteiger partial charge is 0.370 e. The molecule has 0 aliphatic carbocycles. The molecular weight excluding hydrogens is 158 g/mol. The second-order valence-electron chi connectivity index (χ2n) is 2.54.